The zero-order valence-electron chi connectivity index (χ0n) is 17.2. The summed E-state index contributed by atoms with van der Waals surface area (Å²) in [5.41, 5.74) is 2.23. The molecule has 156 valence electrons. The molecule has 0 aliphatic carbocycles. The Morgan fingerprint density at radius 3 is 2.13 bits per heavy atom. The number of amides is 1. The van der Waals surface area contributed by atoms with Crippen molar-refractivity contribution in [3.05, 3.63) is 107 Å². The molecule has 1 atom stereocenters. The molecule has 0 radical (unpaired) electrons. The van der Waals surface area contributed by atoms with Crippen LogP contribution in [0.25, 0.3) is 5.76 Å². The molecule has 1 heterocycles. The quantitative estimate of drug-likeness (QED) is 0.361. The van der Waals surface area contributed by atoms with Crippen LogP contribution in [0.1, 0.15) is 29.7 Å². The van der Waals surface area contributed by atoms with E-state index in [4.69, 9.17) is 4.74 Å². The van der Waals surface area contributed by atoms with Crippen LogP contribution in [0.3, 0.4) is 0 Å². The molecule has 0 spiro atoms. The van der Waals surface area contributed by atoms with E-state index in [1.807, 2.05) is 67.6 Å². The first kappa shape index (κ1) is 20.4. The topological polar surface area (TPSA) is 66.8 Å². The van der Waals surface area contributed by atoms with Crippen LogP contribution in [0.4, 0.5) is 0 Å². The highest BCUT2D eigenvalue weighted by atomic mass is 16.5. The van der Waals surface area contributed by atoms with Crippen molar-refractivity contribution in [2.24, 2.45) is 0 Å². The van der Waals surface area contributed by atoms with E-state index in [1.165, 1.54) is 4.90 Å². The number of ketones is 1. The molecule has 1 saturated heterocycles. The average Bonchev–Trinajstić information content (AvgIpc) is 3.05. The SMILES string of the molecule is CCOc1ccc(C(O)=C2C(=O)C(=O)N(Cc3ccccc3)C2c2ccccc2)cc1. The fraction of sp³-hybridized carbons (Fsp3) is 0.154. The van der Waals surface area contributed by atoms with Gasteiger partial charge in [-0.1, -0.05) is 60.7 Å². The molecule has 0 saturated carbocycles. The van der Waals surface area contributed by atoms with Crippen LogP contribution in [0.2, 0.25) is 0 Å². The number of ether oxygens (including phenoxy) is 1. The third-order valence-corrected chi connectivity index (χ3v) is 5.29. The number of aliphatic hydroxyl groups is 1. The van der Waals surface area contributed by atoms with Crippen LogP contribution in [-0.4, -0.2) is 28.3 Å². The second-order valence-corrected chi connectivity index (χ2v) is 7.28. The maximum Gasteiger partial charge on any atom is 0.295 e. The Labute approximate surface area is 181 Å². The molecule has 1 aliphatic rings. The van der Waals surface area contributed by atoms with Gasteiger partial charge in [0.1, 0.15) is 11.5 Å². The number of carbonyl (C=O) groups is 2. The maximum atomic E-state index is 13.0. The number of likely N-dealkylation sites (tertiary alicyclic amines) is 1. The lowest BCUT2D eigenvalue weighted by Crippen LogP contribution is -2.29. The fourth-order valence-electron chi connectivity index (χ4n) is 3.84. The van der Waals surface area contributed by atoms with Gasteiger partial charge in [0.25, 0.3) is 11.7 Å². The number of rotatable bonds is 6. The molecule has 31 heavy (non-hydrogen) atoms. The third-order valence-electron chi connectivity index (χ3n) is 5.29. The minimum absolute atomic E-state index is 0.0938. The smallest absolute Gasteiger partial charge is 0.295 e. The summed E-state index contributed by atoms with van der Waals surface area (Å²) in [6.45, 7) is 2.69. The highest BCUT2D eigenvalue weighted by Crippen LogP contribution is 2.40. The van der Waals surface area contributed by atoms with E-state index in [0.29, 0.717) is 17.9 Å². The molecule has 3 aromatic carbocycles. The van der Waals surface area contributed by atoms with Gasteiger partial charge < -0.3 is 14.7 Å². The number of benzene rings is 3. The van der Waals surface area contributed by atoms with E-state index in [2.05, 4.69) is 0 Å². The lowest BCUT2D eigenvalue weighted by atomic mass is 9.95. The molecule has 1 amide bonds. The van der Waals surface area contributed by atoms with Crippen LogP contribution >= 0.6 is 0 Å². The Balaban J connectivity index is 1.80. The van der Waals surface area contributed by atoms with Crippen LogP contribution in [0.15, 0.2) is 90.5 Å². The van der Waals surface area contributed by atoms with Gasteiger partial charge >= 0.3 is 0 Å². The predicted octanol–water partition coefficient (Wildman–Crippen LogP) is 4.71. The van der Waals surface area contributed by atoms with Gasteiger partial charge in [-0.25, -0.2) is 0 Å². The van der Waals surface area contributed by atoms with E-state index in [9.17, 15) is 14.7 Å². The molecule has 0 aromatic heterocycles. The predicted molar refractivity (Wildman–Crippen MR) is 118 cm³/mol. The summed E-state index contributed by atoms with van der Waals surface area (Å²) in [5.74, 6) is -0.824. The third kappa shape index (κ3) is 4.08. The number of carbonyl (C=O) groups excluding carboxylic acids is 2. The van der Waals surface area contributed by atoms with Crippen LogP contribution in [-0.2, 0) is 16.1 Å². The normalized spacial score (nSPS) is 17.7. The van der Waals surface area contributed by atoms with Crippen molar-refractivity contribution in [3.8, 4) is 5.75 Å². The van der Waals surface area contributed by atoms with Crippen LogP contribution in [0, 0.1) is 0 Å². The van der Waals surface area contributed by atoms with Gasteiger partial charge in [0.2, 0.25) is 0 Å². The van der Waals surface area contributed by atoms with Gasteiger partial charge in [0.15, 0.2) is 0 Å². The molecule has 1 unspecified atom stereocenters. The minimum atomic E-state index is -0.684. The molecule has 3 aromatic rings. The number of hydrogen-bond acceptors (Lipinski definition) is 4. The Bertz CT molecular complexity index is 1110. The van der Waals surface area contributed by atoms with Gasteiger partial charge in [-0.2, -0.15) is 0 Å². The summed E-state index contributed by atoms with van der Waals surface area (Å²) in [6.07, 6.45) is 0. The van der Waals surface area contributed by atoms with Crippen LogP contribution in [0.5, 0.6) is 5.75 Å². The van der Waals surface area contributed by atoms with Crippen molar-refractivity contribution >= 4 is 17.4 Å². The van der Waals surface area contributed by atoms with E-state index in [-0.39, 0.29) is 17.9 Å². The van der Waals surface area contributed by atoms with E-state index in [0.717, 1.165) is 11.1 Å². The minimum Gasteiger partial charge on any atom is -0.507 e. The van der Waals surface area contributed by atoms with Crippen molar-refractivity contribution in [3.63, 3.8) is 0 Å². The lowest BCUT2D eigenvalue weighted by molar-refractivity contribution is -0.140. The molecular formula is C26H23NO4. The number of aliphatic hydroxyl groups excluding tert-OH is 1. The molecular weight excluding hydrogens is 390 g/mol. The molecule has 0 bridgehead atoms. The monoisotopic (exact) mass is 413 g/mol. The van der Waals surface area contributed by atoms with Crippen molar-refractivity contribution in [1.82, 2.24) is 4.90 Å². The zero-order valence-corrected chi connectivity index (χ0v) is 17.2. The Hall–Kier alpha value is -3.86. The molecule has 4 rings (SSSR count). The second-order valence-electron chi connectivity index (χ2n) is 7.28. The highest BCUT2D eigenvalue weighted by Gasteiger charge is 2.45. The summed E-state index contributed by atoms with van der Waals surface area (Å²) in [5, 5.41) is 11.1. The summed E-state index contributed by atoms with van der Waals surface area (Å²) in [6, 6.07) is 25.0. The largest absolute Gasteiger partial charge is 0.507 e. The summed E-state index contributed by atoms with van der Waals surface area (Å²) in [4.78, 5) is 27.6. The van der Waals surface area contributed by atoms with Crippen molar-refractivity contribution < 1.29 is 19.4 Å². The Morgan fingerprint density at radius 2 is 1.52 bits per heavy atom. The zero-order chi connectivity index (χ0) is 21.8. The van der Waals surface area contributed by atoms with Gasteiger partial charge in [-0.15, -0.1) is 0 Å². The van der Waals surface area contributed by atoms with E-state index < -0.39 is 17.7 Å². The van der Waals surface area contributed by atoms with Gasteiger partial charge in [-0.05, 0) is 42.3 Å². The molecule has 5 heteroatoms. The Morgan fingerprint density at radius 1 is 0.903 bits per heavy atom. The maximum absolute atomic E-state index is 13.0. The molecule has 1 fully saturated rings. The highest BCUT2D eigenvalue weighted by molar-refractivity contribution is 6.46. The van der Waals surface area contributed by atoms with E-state index >= 15 is 0 Å². The van der Waals surface area contributed by atoms with Crippen LogP contribution < -0.4 is 4.74 Å². The molecule has 1 N–H and O–H groups in total. The van der Waals surface area contributed by atoms with E-state index in [1.54, 1.807) is 24.3 Å². The summed E-state index contributed by atoms with van der Waals surface area (Å²) in [7, 11) is 0. The summed E-state index contributed by atoms with van der Waals surface area (Å²) < 4.78 is 5.45. The summed E-state index contributed by atoms with van der Waals surface area (Å²) >= 11 is 0. The lowest BCUT2D eigenvalue weighted by Gasteiger charge is -2.25. The van der Waals surface area contributed by atoms with Crippen molar-refractivity contribution in [2.45, 2.75) is 19.5 Å². The number of hydrogen-bond donors (Lipinski definition) is 1. The standard InChI is InChI=1S/C26H23NO4/c1-2-31-21-15-13-20(14-16-21)24(28)22-23(19-11-7-4-8-12-19)27(26(30)25(22)29)17-18-9-5-3-6-10-18/h3-16,23,28H,2,17H2,1H3. The number of nitrogens with zero attached hydrogens (tertiary/aromatic N) is 1. The first-order valence-electron chi connectivity index (χ1n) is 10.2. The van der Waals surface area contributed by atoms with Gasteiger partial charge in [-0.3, -0.25) is 9.59 Å². The molecule has 5 nitrogen and oxygen atoms in total. The van der Waals surface area contributed by atoms with Crippen molar-refractivity contribution in [2.75, 3.05) is 6.61 Å². The van der Waals surface area contributed by atoms with Gasteiger partial charge in [0, 0.05) is 12.1 Å². The van der Waals surface area contributed by atoms with Crippen molar-refractivity contribution in [1.29, 1.82) is 0 Å². The first-order chi connectivity index (χ1) is 15.1. The second kappa shape index (κ2) is 8.88. The first-order valence-corrected chi connectivity index (χ1v) is 10.2. The average molecular weight is 413 g/mol. The molecule has 1 aliphatic heterocycles. The fourth-order valence-corrected chi connectivity index (χ4v) is 3.84. The number of Topliss-reactive ketones (excluding diaryl/α,β-unsaturated/α-hetero) is 1. The Kier molecular flexibility index (Phi) is 5.85. The van der Waals surface area contributed by atoms with Gasteiger partial charge in [0.05, 0.1) is 18.2 Å².